The summed E-state index contributed by atoms with van der Waals surface area (Å²) >= 11 is 0. The van der Waals surface area contributed by atoms with E-state index in [4.69, 9.17) is 0 Å². The van der Waals surface area contributed by atoms with Crippen molar-refractivity contribution >= 4 is 11.8 Å². The zero-order valence-electron chi connectivity index (χ0n) is 9.08. The van der Waals surface area contributed by atoms with Gasteiger partial charge < -0.3 is 4.74 Å². The topological polar surface area (TPSA) is 43.4 Å². The summed E-state index contributed by atoms with van der Waals surface area (Å²) in [7, 11) is 1.39. The van der Waals surface area contributed by atoms with E-state index < -0.39 is 0 Å². The van der Waals surface area contributed by atoms with Crippen LogP contribution in [0.5, 0.6) is 0 Å². The van der Waals surface area contributed by atoms with Gasteiger partial charge in [-0.05, 0) is 19.3 Å². The number of hydrogen-bond donors (Lipinski definition) is 0. The van der Waals surface area contributed by atoms with Crippen LogP contribution in [0, 0.1) is 17.8 Å². The van der Waals surface area contributed by atoms with Gasteiger partial charge in [0, 0.05) is 11.8 Å². The first-order valence-corrected chi connectivity index (χ1v) is 5.17. The second-order valence-electron chi connectivity index (χ2n) is 4.24. The number of esters is 1. The van der Waals surface area contributed by atoms with Crippen LogP contribution in [-0.2, 0) is 14.3 Å². The molecule has 0 saturated heterocycles. The third kappa shape index (κ3) is 2.34. The maximum Gasteiger partial charge on any atom is 0.308 e. The minimum absolute atomic E-state index is 0.0825. The molecule has 3 nitrogen and oxygen atoms in total. The smallest absolute Gasteiger partial charge is 0.308 e. The quantitative estimate of drug-likeness (QED) is 0.649. The van der Waals surface area contributed by atoms with Gasteiger partial charge in [0.1, 0.15) is 5.78 Å². The van der Waals surface area contributed by atoms with Gasteiger partial charge in [0.2, 0.25) is 0 Å². The summed E-state index contributed by atoms with van der Waals surface area (Å²) in [5.41, 5.74) is 0. The molecule has 0 aliphatic heterocycles. The average molecular weight is 198 g/mol. The molecule has 0 amide bonds. The van der Waals surface area contributed by atoms with E-state index in [1.54, 1.807) is 0 Å². The van der Waals surface area contributed by atoms with Crippen LogP contribution in [0.4, 0.5) is 0 Å². The van der Waals surface area contributed by atoms with Crippen molar-refractivity contribution in [2.45, 2.75) is 33.1 Å². The fraction of sp³-hybridized carbons (Fsp3) is 0.818. The highest BCUT2D eigenvalue weighted by molar-refractivity contribution is 5.85. The molecule has 3 unspecified atom stereocenters. The number of hydrogen-bond acceptors (Lipinski definition) is 3. The highest BCUT2D eigenvalue weighted by atomic mass is 16.5. The zero-order valence-corrected chi connectivity index (χ0v) is 9.08. The Morgan fingerprint density at radius 2 is 2.21 bits per heavy atom. The van der Waals surface area contributed by atoms with Crippen molar-refractivity contribution in [2.75, 3.05) is 7.11 Å². The maximum absolute atomic E-state index is 11.6. The lowest BCUT2D eigenvalue weighted by Crippen LogP contribution is -2.20. The van der Waals surface area contributed by atoms with Crippen LogP contribution in [0.25, 0.3) is 0 Å². The van der Waals surface area contributed by atoms with Crippen molar-refractivity contribution in [2.24, 2.45) is 17.8 Å². The van der Waals surface area contributed by atoms with Crippen molar-refractivity contribution < 1.29 is 14.3 Å². The van der Waals surface area contributed by atoms with Crippen LogP contribution >= 0.6 is 0 Å². The van der Waals surface area contributed by atoms with E-state index in [2.05, 4.69) is 4.74 Å². The maximum atomic E-state index is 11.6. The molecule has 14 heavy (non-hydrogen) atoms. The lowest BCUT2D eigenvalue weighted by atomic mass is 9.93. The number of rotatable bonds is 3. The molecule has 0 N–H and O–H groups in total. The molecule has 1 aliphatic rings. The second kappa shape index (κ2) is 4.58. The van der Waals surface area contributed by atoms with Crippen molar-refractivity contribution in [1.29, 1.82) is 0 Å². The Balaban J connectivity index is 2.45. The summed E-state index contributed by atoms with van der Waals surface area (Å²) in [6, 6.07) is 0. The van der Waals surface area contributed by atoms with E-state index in [0.717, 1.165) is 12.8 Å². The van der Waals surface area contributed by atoms with Gasteiger partial charge in [-0.25, -0.2) is 0 Å². The molecule has 3 atom stereocenters. The SMILES string of the molecule is COC(=O)C(C)CC1CCC(C)C1=O. The van der Waals surface area contributed by atoms with Gasteiger partial charge >= 0.3 is 5.97 Å². The summed E-state index contributed by atoms with van der Waals surface area (Å²) in [4.78, 5) is 22.8. The Labute approximate surface area is 84.8 Å². The molecule has 1 aliphatic carbocycles. The average Bonchev–Trinajstić information content (AvgIpc) is 2.48. The van der Waals surface area contributed by atoms with Crippen LogP contribution in [0.2, 0.25) is 0 Å². The van der Waals surface area contributed by atoms with E-state index >= 15 is 0 Å². The Bertz CT molecular complexity index is 235. The van der Waals surface area contributed by atoms with E-state index in [0.29, 0.717) is 12.2 Å². The first-order valence-electron chi connectivity index (χ1n) is 5.17. The number of methoxy groups -OCH3 is 1. The molecule has 0 aromatic heterocycles. The van der Waals surface area contributed by atoms with Gasteiger partial charge in [-0.2, -0.15) is 0 Å². The molecule has 1 fully saturated rings. The number of ether oxygens (including phenoxy) is 1. The first-order chi connectivity index (χ1) is 6.56. The standard InChI is InChI=1S/C11H18O3/c1-7-4-5-9(10(7)12)6-8(2)11(13)14-3/h7-9H,4-6H2,1-3H3. The van der Waals surface area contributed by atoms with E-state index in [1.807, 2.05) is 13.8 Å². The molecule has 0 spiro atoms. The van der Waals surface area contributed by atoms with Crippen LogP contribution in [-0.4, -0.2) is 18.9 Å². The van der Waals surface area contributed by atoms with Gasteiger partial charge in [-0.1, -0.05) is 13.8 Å². The fourth-order valence-electron chi connectivity index (χ4n) is 2.10. The van der Waals surface area contributed by atoms with Gasteiger partial charge in [0.15, 0.2) is 0 Å². The molecule has 80 valence electrons. The van der Waals surface area contributed by atoms with Gasteiger partial charge in [-0.3, -0.25) is 9.59 Å². The fourth-order valence-corrected chi connectivity index (χ4v) is 2.10. The minimum Gasteiger partial charge on any atom is -0.469 e. The van der Waals surface area contributed by atoms with Crippen LogP contribution in [0.15, 0.2) is 0 Å². The number of carbonyl (C=O) groups is 2. The Kier molecular flexibility index (Phi) is 3.67. The minimum atomic E-state index is -0.211. The molecule has 0 aromatic rings. The molecule has 1 rings (SSSR count). The normalized spacial score (nSPS) is 28.9. The van der Waals surface area contributed by atoms with E-state index in [-0.39, 0.29) is 23.7 Å². The molecule has 1 saturated carbocycles. The Morgan fingerprint density at radius 3 is 2.64 bits per heavy atom. The predicted octanol–water partition coefficient (Wildman–Crippen LogP) is 1.80. The van der Waals surface area contributed by atoms with E-state index in [9.17, 15) is 9.59 Å². The summed E-state index contributed by atoms with van der Waals surface area (Å²) < 4.78 is 4.63. The van der Waals surface area contributed by atoms with Crippen molar-refractivity contribution in [3.05, 3.63) is 0 Å². The van der Waals surface area contributed by atoms with E-state index in [1.165, 1.54) is 7.11 Å². The van der Waals surface area contributed by atoms with Crippen LogP contribution in [0.1, 0.15) is 33.1 Å². The molecule has 0 aromatic carbocycles. The van der Waals surface area contributed by atoms with Crippen molar-refractivity contribution in [1.82, 2.24) is 0 Å². The highest BCUT2D eigenvalue weighted by Gasteiger charge is 2.33. The summed E-state index contributed by atoms with van der Waals surface area (Å²) in [6.07, 6.45) is 2.55. The van der Waals surface area contributed by atoms with Gasteiger partial charge in [0.05, 0.1) is 13.0 Å². The monoisotopic (exact) mass is 198 g/mol. The number of ketones is 1. The summed E-state index contributed by atoms with van der Waals surface area (Å²) in [6.45, 7) is 3.78. The van der Waals surface area contributed by atoms with Crippen LogP contribution < -0.4 is 0 Å². The van der Waals surface area contributed by atoms with Crippen LogP contribution in [0.3, 0.4) is 0 Å². The molecule has 3 heteroatoms. The molecule has 0 bridgehead atoms. The Morgan fingerprint density at radius 1 is 1.57 bits per heavy atom. The second-order valence-corrected chi connectivity index (χ2v) is 4.24. The summed E-state index contributed by atoms with van der Waals surface area (Å²) in [5.74, 6) is 0.223. The third-order valence-electron chi connectivity index (χ3n) is 3.08. The third-order valence-corrected chi connectivity index (χ3v) is 3.08. The first kappa shape index (κ1) is 11.2. The molecular formula is C11H18O3. The number of Topliss-reactive ketones (excluding diaryl/α,β-unsaturated/α-hetero) is 1. The lowest BCUT2D eigenvalue weighted by molar-refractivity contribution is -0.145. The highest BCUT2D eigenvalue weighted by Crippen LogP contribution is 2.31. The van der Waals surface area contributed by atoms with Gasteiger partial charge in [0.25, 0.3) is 0 Å². The lowest BCUT2D eigenvalue weighted by Gasteiger charge is -2.13. The Hall–Kier alpha value is -0.860. The van der Waals surface area contributed by atoms with Crippen molar-refractivity contribution in [3.63, 3.8) is 0 Å². The molecule has 0 radical (unpaired) electrons. The number of carbonyl (C=O) groups excluding carboxylic acids is 2. The molecule has 0 heterocycles. The largest absolute Gasteiger partial charge is 0.469 e. The van der Waals surface area contributed by atoms with Gasteiger partial charge in [-0.15, -0.1) is 0 Å². The zero-order chi connectivity index (χ0) is 10.7. The van der Waals surface area contributed by atoms with Crippen molar-refractivity contribution in [3.8, 4) is 0 Å². The summed E-state index contributed by atoms with van der Waals surface area (Å²) in [5, 5.41) is 0. The molecular weight excluding hydrogens is 180 g/mol. The predicted molar refractivity (Wildman–Crippen MR) is 52.7 cm³/mol.